The second kappa shape index (κ2) is 8.38. The van der Waals surface area contributed by atoms with Gasteiger partial charge in [-0.3, -0.25) is 19.5 Å². The maximum atomic E-state index is 12.7. The van der Waals surface area contributed by atoms with Gasteiger partial charge in [0.2, 0.25) is 0 Å². The van der Waals surface area contributed by atoms with Gasteiger partial charge in [-0.2, -0.15) is 5.10 Å². The summed E-state index contributed by atoms with van der Waals surface area (Å²) in [6, 6.07) is 12.5. The Morgan fingerprint density at radius 2 is 2.00 bits per heavy atom. The lowest BCUT2D eigenvalue weighted by Gasteiger charge is -2.19. The number of nitrogens with zero attached hydrogens (tertiary/aromatic N) is 4. The second-order valence-corrected chi connectivity index (χ2v) is 9.39. The maximum Gasteiger partial charge on any atom is 0.293 e. The lowest BCUT2D eigenvalue weighted by Crippen LogP contribution is -2.22. The van der Waals surface area contributed by atoms with Crippen molar-refractivity contribution in [3.8, 4) is 0 Å². The van der Waals surface area contributed by atoms with E-state index in [2.05, 4.69) is 9.82 Å². The van der Waals surface area contributed by atoms with Crippen LogP contribution in [-0.4, -0.2) is 36.2 Å². The molecule has 4 rings (SSSR count). The fourth-order valence-electron chi connectivity index (χ4n) is 3.93. The molecule has 0 radical (unpaired) electrons. The van der Waals surface area contributed by atoms with Gasteiger partial charge in [0.25, 0.3) is 15.7 Å². The van der Waals surface area contributed by atoms with Crippen LogP contribution in [0.3, 0.4) is 0 Å². The number of nitro groups is 1. The zero-order valence-corrected chi connectivity index (χ0v) is 17.8. The van der Waals surface area contributed by atoms with Gasteiger partial charge in [0.1, 0.15) is 5.69 Å². The van der Waals surface area contributed by atoms with Crippen LogP contribution in [0.25, 0.3) is 0 Å². The number of nitro benzene ring substituents is 1. The molecule has 0 aliphatic carbocycles. The summed E-state index contributed by atoms with van der Waals surface area (Å²) < 4.78 is 29.6. The van der Waals surface area contributed by atoms with Crippen molar-refractivity contribution < 1.29 is 13.3 Å². The highest BCUT2D eigenvalue weighted by atomic mass is 32.2. The molecule has 1 fully saturated rings. The van der Waals surface area contributed by atoms with Crippen LogP contribution in [0.2, 0.25) is 0 Å². The molecule has 1 aliphatic rings. The molecular formula is C21H23N5O4S. The molecule has 1 aromatic heterocycles. The summed E-state index contributed by atoms with van der Waals surface area (Å²) >= 11 is 0. The van der Waals surface area contributed by atoms with Crippen molar-refractivity contribution in [1.29, 1.82) is 0 Å². The Labute approximate surface area is 180 Å². The Balaban J connectivity index is 1.54. The molecule has 31 heavy (non-hydrogen) atoms. The van der Waals surface area contributed by atoms with E-state index in [0.29, 0.717) is 30.4 Å². The summed E-state index contributed by atoms with van der Waals surface area (Å²) in [4.78, 5) is 13.0. The minimum absolute atomic E-state index is 0.141. The van der Waals surface area contributed by atoms with E-state index in [1.807, 2.05) is 24.3 Å². The molecule has 1 atom stereocenters. The monoisotopic (exact) mass is 441 g/mol. The molecule has 0 saturated carbocycles. The Bertz CT molecular complexity index is 1190. The first-order chi connectivity index (χ1) is 14.8. The third kappa shape index (κ3) is 4.69. The SMILES string of the molecule is Cn1cc(CC2CCN(c3ccc(S(=O)(=O)Nc4ccccc4)cc3[N+](=O)[O-])C2)cn1. The van der Waals surface area contributed by atoms with Crippen LogP contribution in [0.15, 0.2) is 65.8 Å². The van der Waals surface area contributed by atoms with Gasteiger partial charge < -0.3 is 4.90 Å². The summed E-state index contributed by atoms with van der Waals surface area (Å²) in [7, 11) is -2.07. The quantitative estimate of drug-likeness (QED) is 0.445. The van der Waals surface area contributed by atoms with Crippen molar-refractivity contribution in [3.63, 3.8) is 0 Å². The summed E-state index contributed by atoms with van der Waals surface area (Å²) in [5.74, 6) is 0.354. The number of aryl methyl sites for hydroxylation is 1. The zero-order valence-electron chi connectivity index (χ0n) is 17.0. The highest BCUT2D eigenvalue weighted by Crippen LogP contribution is 2.35. The highest BCUT2D eigenvalue weighted by molar-refractivity contribution is 7.92. The zero-order chi connectivity index (χ0) is 22.0. The van der Waals surface area contributed by atoms with E-state index in [0.717, 1.165) is 24.5 Å². The minimum Gasteiger partial charge on any atom is -0.366 e. The third-order valence-electron chi connectivity index (χ3n) is 5.39. The van der Waals surface area contributed by atoms with Gasteiger partial charge in [0.15, 0.2) is 0 Å². The lowest BCUT2D eigenvalue weighted by molar-refractivity contribution is -0.384. The maximum absolute atomic E-state index is 12.7. The number of nitrogens with one attached hydrogen (secondary N) is 1. The van der Waals surface area contributed by atoms with Crippen LogP contribution < -0.4 is 9.62 Å². The fourth-order valence-corrected chi connectivity index (χ4v) is 5.01. The van der Waals surface area contributed by atoms with Crippen molar-refractivity contribution in [2.75, 3.05) is 22.7 Å². The lowest BCUT2D eigenvalue weighted by atomic mass is 10.0. The number of benzene rings is 2. The van der Waals surface area contributed by atoms with Crippen LogP contribution in [0.5, 0.6) is 0 Å². The Kier molecular flexibility index (Phi) is 5.64. The van der Waals surface area contributed by atoms with Crippen molar-refractivity contribution in [3.05, 3.63) is 76.6 Å². The Morgan fingerprint density at radius 1 is 1.23 bits per heavy atom. The standard InChI is InChI=1S/C21H23N5O4S/c1-24-14-17(13-22-24)11-16-9-10-25(15-16)20-8-7-19(12-21(20)26(27)28)31(29,30)23-18-5-3-2-4-6-18/h2-8,12-14,16,23H,9-11,15H2,1H3. The molecule has 10 heteroatoms. The van der Waals surface area contributed by atoms with Crippen LogP contribution in [0, 0.1) is 16.0 Å². The van der Waals surface area contributed by atoms with Crippen LogP contribution in [-0.2, 0) is 23.5 Å². The molecule has 1 saturated heterocycles. The van der Waals surface area contributed by atoms with Crippen LogP contribution in [0.4, 0.5) is 17.1 Å². The number of anilines is 2. The van der Waals surface area contributed by atoms with Crippen molar-refractivity contribution >= 4 is 27.1 Å². The van der Waals surface area contributed by atoms with Gasteiger partial charge >= 0.3 is 0 Å². The van der Waals surface area contributed by atoms with Crippen molar-refractivity contribution in [2.45, 2.75) is 17.7 Å². The second-order valence-electron chi connectivity index (χ2n) is 7.71. The summed E-state index contributed by atoms with van der Waals surface area (Å²) in [6.45, 7) is 1.35. The van der Waals surface area contributed by atoms with E-state index in [4.69, 9.17) is 0 Å². The van der Waals surface area contributed by atoms with Gasteiger partial charge in [-0.15, -0.1) is 0 Å². The van der Waals surface area contributed by atoms with E-state index < -0.39 is 14.9 Å². The molecule has 2 heterocycles. The van der Waals surface area contributed by atoms with Crippen molar-refractivity contribution in [1.82, 2.24) is 9.78 Å². The fraction of sp³-hybridized carbons (Fsp3) is 0.286. The molecule has 0 bridgehead atoms. The molecule has 3 aromatic rings. The van der Waals surface area contributed by atoms with E-state index >= 15 is 0 Å². The predicted molar refractivity (Wildman–Crippen MR) is 118 cm³/mol. The number of hydrogen-bond donors (Lipinski definition) is 1. The van der Waals surface area contributed by atoms with Gasteiger partial charge in [-0.1, -0.05) is 18.2 Å². The average Bonchev–Trinajstić information content (AvgIpc) is 3.37. The topological polar surface area (TPSA) is 110 Å². The molecule has 0 amide bonds. The van der Waals surface area contributed by atoms with Gasteiger partial charge in [0, 0.05) is 38.1 Å². The first kappa shape index (κ1) is 20.9. The molecule has 1 aliphatic heterocycles. The number of para-hydroxylation sites is 1. The smallest absolute Gasteiger partial charge is 0.293 e. The summed E-state index contributed by atoms with van der Waals surface area (Å²) in [5, 5.41) is 15.9. The van der Waals surface area contributed by atoms with Crippen molar-refractivity contribution in [2.24, 2.45) is 13.0 Å². The molecule has 1 unspecified atom stereocenters. The number of hydrogen-bond acceptors (Lipinski definition) is 6. The largest absolute Gasteiger partial charge is 0.366 e. The molecular weight excluding hydrogens is 418 g/mol. The minimum atomic E-state index is -3.94. The van der Waals surface area contributed by atoms with Crippen LogP contribution >= 0.6 is 0 Å². The molecule has 1 N–H and O–H groups in total. The Morgan fingerprint density at radius 3 is 2.68 bits per heavy atom. The average molecular weight is 442 g/mol. The summed E-state index contributed by atoms with van der Waals surface area (Å²) in [6.07, 6.45) is 5.57. The normalized spacial score (nSPS) is 16.4. The molecule has 9 nitrogen and oxygen atoms in total. The van der Waals surface area contributed by atoms with E-state index in [9.17, 15) is 18.5 Å². The molecule has 162 valence electrons. The van der Waals surface area contributed by atoms with E-state index in [1.165, 1.54) is 12.1 Å². The first-order valence-corrected chi connectivity index (χ1v) is 11.4. The highest BCUT2D eigenvalue weighted by Gasteiger charge is 2.29. The molecule has 2 aromatic carbocycles. The molecule has 0 spiro atoms. The number of aromatic nitrogens is 2. The van der Waals surface area contributed by atoms with Gasteiger partial charge in [-0.25, -0.2) is 8.42 Å². The predicted octanol–water partition coefficient (Wildman–Crippen LogP) is 3.20. The number of rotatable bonds is 7. The van der Waals surface area contributed by atoms with Gasteiger partial charge in [0.05, 0.1) is 16.0 Å². The van der Waals surface area contributed by atoms with Gasteiger partial charge in [-0.05, 0) is 48.6 Å². The third-order valence-corrected chi connectivity index (χ3v) is 6.77. The van der Waals surface area contributed by atoms with E-state index in [1.54, 1.807) is 35.0 Å². The first-order valence-electron chi connectivity index (χ1n) is 9.90. The van der Waals surface area contributed by atoms with E-state index in [-0.39, 0.29) is 10.6 Å². The number of sulfonamides is 1. The Hall–Kier alpha value is -3.40. The summed E-state index contributed by atoms with van der Waals surface area (Å²) in [5.41, 5.74) is 1.76. The van der Waals surface area contributed by atoms with Crippen LogP contribution in [0.1, 0.15) is 12.0 Å².